The van der Waals surface area contributed by atoms with Crippen LogP contribution in [0.25, 0.3) is 10.2 Å². The van der Waals surface area contributed by atoms with E-state index in [1.165, 1.54) is 22.0 Å². The molecule has 5 rings (SSSR count). The van der Waals surface area contributed by atoms with E-state index >= 15 is 0 Å². The molecule has 6 nitrogen and oxygen atoms in total. The minimum Gasteiger partial charge on any atom is -0.416 e. The third-order valence-electron chi connectivity index (χ3n) is 5.13. The number of fused-ring (bicyclic) bond motifs is 2. The van der Waals surface area contributed by atoms with Crippen LogP contribution >= 0.6 is 23.1 Å². The first-order chi connectivity index (χ1) is 14.7. The van der Waals surface area contributed by atoms with E-state index in [9.17, 15) is 4.79 Å². The Morgan fingerprint density at radius 2 is 2.00 bits per heavy atom. The number of carbonyl (C=O) groups excluding carboxylic acids is 1. The highest BCUT2D eigenvalue weighted by Gasteiger charge is 2.30. The molecule has 1 atom stereocenters. The molecular weight excluding hydrogens is 416 g/mol. The van der Waals surface area contributed by atoms with Crippen LogP contribution in [-0.2, 0) is 24.1 Å². The predicted octanol–water partition coefficient (Wildman–Crippen LogP) is 4.53. The fraction of sp³-hybridized carbons (Fsp3) is 0.273. The van der Waals surface area contributed by atoms with Crippen molar-refractivity contribution < 1.29 is 9.21 Å². The Morgan fingerprint density at radius 1 is 1.17 bits per heavy atom. The van der Waals surface area contributed by atoms with Crippen molar-refractivity contribution in [1.29, 1.82) is 0 Å². The van der Waals surface area contributed by atoms with E-state index in [-0.39, 0.29) is 17.7 Å². The van der Waals surface area contributed by atoms with Gasteiger partial charge in [0.05, 0.1) is 21.0 Å². The van der Waals surface area contributed by atoms with E-state index in [0.717, 1.165) is 29.1 Å². The Balaban J connectivity index is 1.18. The fourth-order valence-corrected chi connectivity index (χ4v) is 5.38. The third kappa shape index (κ3) is 3.85. The van der Waals surface area contributed by atoms with E-state index in [1.54, 1.807) is 11.3 Å². The van der Waals surface area contributed by atoms with Crippen molar-refractivity contribution in [2.75, 3.05) is 10.7 Å². The molecule has 0 saturated carbocycles. The molecule has 0 bridgehead atoms. The van der Waals surface area contributed by atoms with Crippen LogP contribution in [0.15, 0.2) is 58.2 Å². The van der Waals surface area contributed by atoms with Gasteiger partial charge < -0.3 is 9.32 Å². The molecule has 2 aromatic carbocycles. The summed E-state index contributed by atoms with van der Waals surface area (Å²) in [4.78, 5) is 19.3. The van der Waals surface area contributed by atoms with Gasteiger partial charge in [-0.1, -0.05) is 42.1 Å². The fourth-order valence-electron chi connectivity index (χ4n) is 3.78. The van der Waals surface area contributed by atoms with Gasteiger partial charge in [-0.05, 0) is 37.1 Å². The van der Waals surface area contributed by atoms with Crippen molar-refractivity contribution in [3.8, 4) is 0 Å². The summed E-state index contributed by atoms with van der Waals surface area (Å²) < 4.78 is 6.92. The zero-order chi connectivity index (χ0) is 20.5. The van der Waals surface area contributed by atoms with Crippen LogP contribution in [0.4, 0.5) is 5.69 Å². The molecule has 0 fully saturated rings. The van der Waals surface area contributed by atoms with Gasteiger partial charge in [0.1, 0.15) is 0 Å². The number of carbonyl (C=O) groups is 1. The topological polar surface area (TPSA) is 72.1 Å². The maximum absolute atomic E-state index is 12.8. The molecule has 0 N–H and O–H groups in total. The summed E-state index contributed by atoms with van der Waals surface area (Å²) in [6, 6.07) is 16.4. The van der Waals surface area contributed by atoms with Crippen LogP contribution in [0.3, 0.4) is 0 Å². The highest BCUT2D eigenvalue weighted by molar-refractivity contribution is 7.99. The lowest BCUT2D eigenvalue weighted by atomic mass is 10.1. The number of para-hydroxylation sites is 2. The first kappa shape index (κ1) is 19.3. The molecule has 0 saturated heterocycles. The molecule has 0 spiro atoms. The SMILES string of the molecule is C[C@H]1Cc2ccccc2N1C(=O)CSc1nnc(CCc2nc3ccccc3s2)o1. The molecule has 0 radical (unpaired) electrons. The Morgan fingerprint density at radius 3 is 2.90 bits per heavy atom. The summed E-state index contributed by atoms with van der Waals surface area (Å²) >= 11 is 2.98. The number of hydrogen-bond acceptors (Lipinski definition) is 7. The van der Waals surface area contributed by atoms with Crippen molar-refractivity contribution in [2.24, 2.45) is 0 Å². The molecule has 2 aromatic heterocycles. The summed E-state index contributed by atoms with van der Waals surface area (Å²) in [6.45, 7) is 2.08. The van der Waals surface area contributed by atoms with Crippen LogP contribution in [0.1, 0.15) is 23.4 Å². The number of benzene rings is 2. The number of hydrogen-bond donors (Lipinski definition) is 0. The summed E-state index contributed by atoms with van der Waals surface area (Å²) in [6.07, 6.45) is 2.29. The van der Waals surface area contributed by atoms with Crippen LogP contribution in [-0.4, -0.2) is 32.9 Å². The van der Waals surface area contributed by atoms with Crippen molar-refractivity contribution in [2.45, 2.75) is 37.5 Å². The molecule has 30 heavy (non-hydrogen) atoms. The van der Waals surface area contributed by atoms with E-state index in [0.29, 0.717) is 17.5 Å². The van der Waals surface area contributed by atoms with Gasteiger partial charge in [0, 0.05) is 24.6 Å². The number of thioether (sulfide) groups is 1. The summed E-state index contributed by atoms with van der Waals surface area (Å²) in [5.41, 5.74) is 3.26. The second-order valence-electron chi connectivity index (χ2n) is 7.27. The first-order valence-electron chi connectivity index (χ1n) is 9.87. The standard InChI is InChI=1S/C22H20N4O2S2/c1-14-12-15-6-2-4-8-17(15)26(14)21(27)13-29-22-25-24-19(28-22)10-11-20-23-16-7-3-5-9-18(16)30-20/h2-9,14H,10-13H2,1H3/t14-/m0/s1. The zero-order valence-electron chi connectivity index (χ0n) is 16.4. The van der Waals surface area contributed by atoms with Crippen molar-refractivity contribution in [3.63, 3.8) is 0 Å². The second kappa shape index (κ2) is 8.20. The first-order valence-corrected chi connectivity index (χ1v) is 11.7. The number of anilines is 1. The summed E-state index contributed by atoms with van der Waals surface area (Å²) in [5, 5.41) is 9.71. The van der Waals surface area contributed by atoms with Crippen LogP contribution in [0.2, 0.25) is 0 Å². The minimum atomic E-state index is 0.0617. The molecule has 0 unspecified atom stereocenters. The normalized spacial score (nSPS) is 15.6. The lowest BCUT2D eigenvalue weighted by Crippen LogP contribution is -2.36. The largest absolute Gasteiger partial charge is 0.416 e. The lowest BCUT2D eigenvalue weighted by Gasteiger charge is -2.22. The number of amides is 1. The summed E-state index contributed by atoms with van der Waals surface area (Å²) in [7, 11) is 0. The van der Waals surface area contributed by atoms with Gasteiger partial charge >= 0.3 is 0 Å². The molecular formula is C22H20N4O2S2. The van der Waals surface area contributed by atoms with E-state index < -0.39 is 0 Å². The Hall–Kier alpha value is -2.71. The van der Waals surface area contributed by atoms with Crippen molar-refractivity contribution in [3.05, 3.63) is 65.0 Å². The zero-order valence-corrected chi connectivity index (χ0v) is 18.1. The van der Waals surface area contributed by atoms with Gasteiger partial charge in [0.25, 0.3) is 5.22 Å². The molecule has 0 aliphatic carbocycles. The Bertz CT molecular complexity index is 1170. The molecule has 1 aliphatic rings. The summed E-state index contributed by atoms with van der Waals surface area (Å²) in [5.74, 6) is 0.911. The molecule has 4 aromatic rings. The number of aryl methyl sites for hydroxylation is 2. The lowest BCUT2D eigenvalue weighted by molar-refractivity contribution is -0.116. The number of aromatic nitrogens is 3. The molecule has 1 amide bonds. The second-order valence-corrected chi connectivity index (χ2v) is 9.31. The number of thiazole rings is 1. The minimum absolute atomic E-state index is 0.0617. The predicted molar refractivity (Wildman–Crippen MR) is 119 cm³/mol. The van der Waals surface area contributed by atoms with Crippen LogP contribution in [0.5, 0.6) is 0 Å². The molecule has 1 aliphatic heterocycles. The average Bonchev–Trinajstić information content (AvgIpc) is 3.46. The maximum Gasteiger partial charge on any atom is 0.277 e. The van der Waals surface area contributed by atoms with Gasteiger partial charge in [-0.3, -0.25) is 4.79 Å². The number of rotatable bonds is 6. The maximum atomic E-state index is 12.8. The highest BCUT2D eigenvalue weighted by Crippen LogP contribution is 2.32. The van der Waals surface area contributed by atoms with E-state index in [2.05, 4.69) is 34.2 Å². The van der Waals surface area contributed by atoms with Crippen molar-refractivity contribution in [1.82, 2.24) is 15.2 Å². The molecule has 3 heterocycles. The van der Waals surface area contributed by atoms with E-state index in [4.69, 9.17) is 4.42 Å². The smallest absolute Gasteiger partial charge is 0.277 e. The molecule has 152 valence electrons. The highest BCUT2D eigenvalue weighted by atomic mass is 32.2. The van der Waals surface area contributed by atoms with Gasteiger partial charge in [-0.25, -0.2) is 4.98 Å². The Labute approximate surface area is 182 Å². The Kier molecular flexibility index (Phi) is 5.26. The van der Waals surface area contributed by atoms with Gasteiger partial charge in [-0.2, -0.15) is 0 Å². The van der Waals surface area contributed by atoms with Gasteiger partial charge in [0.15, 0.2) is 0 Å². The van der Waals surface area contributed by atoms with Crippen LogP contribution in [0, 0.1) is 0 Å². The van der Waals surface area contributed by atoms with Gasteiger partial charge in [0.2, 0.25) is 11.8 Å². The average molecular weight is 437 g/mol. The van der Waals surface area contributed by atoms with Crippen molar-refractivity contribution >= 4 is 44.9 Å². The van der Waals surface area contributed by atoms with Gasteiger partial charge in [-0.15, -0.1) is 21.5 Å². The number of nitrogens with zero attached hydrogens (tertiary/aromatic N) is 4. The van der Waals surface area contributed by atoms with Crippen LogP contribution < -0.4 is 4.90 Å². The monoisotopic (exact) mass is 436 g/mol. The molecule has 8 heteroatoms. The third-order valence-corrected chi connectivity index (χ3v) is 7.03. The van der Waals surface area contributed by atoms with E-state index in [1.807, 2.05) is 41.3 Å². The quantitative estimate of drug-likeness (QED) is 0.414.